The minimum Gasteiger partial charge on any atom is -0.334 e. The van der Waals surface area contributed by atoms with E-state index in [2.05, 4.69) is 23.4 Å². The highest BCUT2D eigenvalue weighted by molar-refractivity contribution is 8.03. The van der Waals surface area contributed by atoms with Crippen LogP contribution in [0.3, 0.4) is 0 Å². The monoisotopic (exact) mass is 211 g/mol. The summed E-state index contributed by atoms with van der Waals surface area (Å²) in [4.78, 5) is 2.17. The number of para-hydroxylation sites is 1. The van der Waals surface area contributed by atoms with Crippen LogP contribution in [0, 0.1) is 0 Å². The number of anilines is 1. The Labute approximate surface area is 87.4 Å². The smallest absolute Gasteiger partial charge is 0.0807 e. The molecule has 0 aromatic heterocycles. The lowest BCUT2D eigenvalue weighted by Gasteiger charge is -2.22. The number of nitrogens with zero attached hydrogens (tertiary/aromatic N) is 1. The molecule has 2 rings (SSSR count). The zero-order valence-corrected chi connectivity index (χ0v) is 8.85. The minimum atomic E-state index is 0.444. The summed E-state index contributed by atoms with van der Waals surface area (Å²) in [5, 5.41) is 3.34. The first-order chi connectivity index (χ1) is 6.29. The fourth-order valence-corrected chi connectivity index (χ4v) is 2.32. The molecule has 0 saturated heterocycles. The molecule has 1 heterocycles. The lowest BCUT2D eigenvalue weighted by atomic mass is 10.3. The Balaban J connectivity index is 2.35. The molecule has 68 valence electrons. The highest BCUT2D eigenvalue weighted by Gasteiger charge is 2.17. The van der Waals surface area contributed by atoms with Crippen molar-refractivity contribution in [2.45, 2.75) is 12.3 Å². The summed E-state index contributed by atoms with van der Waals surface area (Å²) < 4.78 is 0. The third-order valence-corrected chi connectivity index (χ3v) is 3.24. The summed E-state index contributed by atoms with van der Waals surface area (Å²) in [6.45, 7) is 2.16. The molecule has 0 spiro atoms. The Kier molecular flexibility index (Phi) is 2.51. The molecule has 0 amide bonds. The van der Waals surface area contributed by atoms with Gasteiger partial charge in [-0.05, 0) is 24.5 Å². The van der Waals surface area contributed by atoms with Crippen LogP contribution in [0.25, 0.3) is 0 Å². The van der Waals surface area contributed by atoms with Gasteiger partial charge in [-0.2, -0.15) is 0 Å². The number of benzene rings is 1. The second-order valence-electron chi connectivity index (χ2n) is 2.88. The van der Waals surface area contributed by atoms with Gasteiger partial charge in [0, 0.05) is 6.20 Å². The van der Waals surface area contributed by atoms with Crippen LogP contribution in [-0.4, -0.2) is 5.37 Å². The van der Waals surface area contributed by atoms with Gasteiger partial charge in [-0.25, -0.2) is 0 Å². The first-order valence-electron chi connectivity index (χ1n) is 4.14. The predicted octanol–water partition coefficient (Wildman–Crippen LogP) is 3.71. The maximum Gasteiger partial charge on any atom is 0.0807 e. The van der Waals surface area contributed by atoms with Gasteiger partial charge < -0.3 is 4.90 Å². The first kappa shape index (κ1) is 8.97. The van der Waals surface area contributed by atoms with E-state index < -0.39 is 0 Å². The normalized spacial score (nSPS) is 21.1. The molecule has 1 aromatic carbocycles. The maximum atomic E-state index is 6.08. The van der Waals surface area contributed by atoms with Crippen molar-refractivity contribution in [3.63, 3.8) is 0 Å². The van der Waals surface area contributed by atoms with E-state index in [-0.39, 0.29) is 0 Å². The van der Waals surface area contributed by atoms with Crippen LogP contribution in [0.1, 0.15) is 6.92 Å². The van der Waals surface area contributed by atoms with Crippen LogP contribution in [0.2, 0.25) is 5.02 Å². The fourth-order valence-electron chi connectivity index (χ4n) is 1.34. The number of hydrogen-bond donors (Lipinski definition) is 0. The molecule has 1 atom stereocenters. The molecule has 0 radical (unpaired) electrons. The van der Waals surface area contributed by atoms with Crippen LogP contribution in [0.4, 0.5) is 5.69 Å². The Morgan fingerprint density at radius 2 is 2.15 bits per heavy atom. The zero-order valence-electron chi connectivity index (χ0n) is 7.27. The van der Waals surface area contributed by atoms with Crippen molar-refractivity contribution in [3.8, 4) is 0 Å². The van der Waals surface area contributed by atoms with Crippen LogP contribution >= 0.6 is 23.4 Å². The molecular formula is C10H10ClNS. The first-order valence-corrected chi connectivity index (χ1v) is 5.46. The predicted molar refractivity (Wildman–Crippen MR) is 60.1 cm³/mol. The third kappa shape index (κ3) is 1.69. The molecule has 1 nitrogen and oxygen atoms in total. The highest BCUT2D eigenvalue weighted by Crippen LogP contribution is 2.34. The van der Waals surface area contributed by atoms with Gasteiger partial charge in [0.1, 0.15) is 0 Å². The van der Waals surface area contributed by atoms with E-state index in [0.29, 0.717) is 5.37 Å². The zero-order chi connectivity index (χ0) is 9.26. The molecule has 1 aromatic rings. The number of rotatable bonds is 1. The summed E-state index contributed by atoms with van der Waals surface area (Å²) in [5.74, 6) is 0. The lowest BCUT2D eigenvalue weighted by Crippen LogP contribution is -2.20. The molecule has 1 aliphatic heterocycles. The second-order valence-corrected chi connectivity index (χ2v) is 4.51. The number of thioether (sulfide) groups is 1. The number of hydrogen-bond acceptors (Lipinski definition) is 2. The Morgan fingerprint density at radius 1 is 1.38 bits per heavy atom. The standard InChI is InChI=1S/C10H10ClNS/c1-8-12(6-7-13-8)10-5-3-2-4-9(10)11/h2-8H,1H3. The molecule has 0 fully saturated rings. The van der Waals surface area contributed by atoms with Gasteiger partial charge in [0.25, 0.3) is 0 Å². The van der Waals surface area contributed by atoms with Crippen LogP contribution in [0.15, 0.2) is 35.9 Å². The number of halogens is 1. The largest absolute Gasteiger partial charge is 0.334 e. The van der Waals surface area contributed by atoms with E-state index in [1.165, 1.54) is 0 Å². The van der Waals surface area contributed by atoms with Crippen LogP contribution < -0.4 is 4.90 Å². The SMILES string of the molecule is CC1SC=CN1c1ccccc1Cl. The van der Waals surface area contributed by atoms with Crippen molar-refractivity contribution >= 4 is 29.1 Å². The van der Waals surface area contributed by atoms with Crippen molar-refractivity contribution in [1.29, 1.82) is 0 Å². The topological polar surface area (TPSA) is 3.24 Å². The Morgan fingerprint density at radius 3 is 2.77 bits per heavy atom. The van der Waals surface area contributed by atoms with Crippen LogP contribution in [-0.2, 0) is 0 Å². The second kappa shape index (κ2) is 3.64. The summed E-state index contributed by atoms with van der Waals surface area (Å²) in [5.41, 5.74) is 1.08. The van der Waals surface area contributed by atoms with Gasteiger partial charge in [0.05, 0.1) is 16.1 Å². The van der Waals surface area contributed by atoms with Crippen molar-refractivity contribution in [1.82, 2.24) is 0 Å². The van der Waals surface area contributed by atoms with Crippen molar-refractivity contribution in [2.75, 3.05) is 4.90 Å². The molecular weight excluding hydrogens is 202 g/mol. The van der Waals surface area contributed by atoms with Gasteiger partial charge in [0.15, 0.2) is 0 Å². The molecule has 13 heavy (non-hydrogen) atoms. The minimum absolute atomic E-state index is 0.444. The summed E-state index contributed by atoms with van der Waals surface area (Å²) in [6, 6.07) is 7.91. The summed E-state index contributed by atoms with van der Waals surface area (Å²) in [6.07, 6.45) is 2.07. The molecule has 1 unspecified atom stereocenters. The van der Waals surface area contributed by atoms with E-state index >= 15 is 0 Å². The Hall–Kier alpha value is -0.600. The molecule has 0 bridgehead atoms. The van der Waals surface area contributed by atoms with Gasteiger partial charge in [-0.3, -0.25) is 0 Å². The average Bonchev–Trinajstić information content (AvgIpc) is 2.52. The van der Waals surface area contributed by atoms with E-state index in [0.717, 1.165) is 10.7 Å². The fraction of sp³-hybridized carbons (Fsp3) is 0.200. The third-order valence-electron chi connectivity index (χ3n) is 2.02. The Bertz CT molecular complexity index is 337. The summed E-state index contributed by atoms with van der Waals surface area (Å²) in [7, 11) is 0. The van der Waals surface area contributed by atoms with E-state index in [1.807, 2.05) is 24.3 Å². The molecule has 0 N–H and O–H groups in total. The van der Waals surface area contributed by atoms with Gasteiger partial charge >= 0.3 is 0 Å². The van der Waals surface area contributed by atoms with E-state index in [9.17, 15) is 0 Å². The van der Waals surface area contributed by atoms with Crippen LogP contribution in [0.5, 0.6) is 0 Å². The molecule has 0 saturated carbocycles. The lowest BCUT2D eigenvalue weighted by molar-refractivity contribution is 0.969. The quantitative estimate of drug-likeness (QED) is 0.697. The highest BCUT2D eigenvalue weighted by atomic mass is 35.5. The molecule has 1 aliphatic rings. The van der Waals surface area contributed by atoms with E-state index in [4.69, 9.17) is 11.6 Å². The van der Waals surface area contributed by atoms with Crippen molar-refractivity contribution in [3.05, 3.63) is 40.9 Å². The van der Waals surface area contributed by atoms with E-state index in [1.54, 1.807) is 11.8 Å². The molecule has 3 heteroatoms. The van der Waals surface area contributed by atoms with Gasteiger partial charge in [0.2, 0.25) is 0 Å². The van der Waals surface area contributed by atoms with Crippen molar-refractivity contribution < 1.29 is 0 Å². The van der Waals surface area contributed by atoms with Gasteiger partial charge in [-0.1, -0.05) is 23.7 Å². The maximum absolute atomic E-state index is 6.08. The summed E-state index contributed by atoms with van der Waals surface area (Å²) >= 11 is 7.88. The van der Waals surface area contributed by atoms with Crippen molar-refractivity contribution in [2.24, 2.45) is 0 Å². The average molecular weight is 212 g/mol. The van der Waals surface area contributed by atoms with Gasteiger partial charge in [-0.15, -0.1) is 11.8 Å². The molecule has 0 aliphatic carbocycles.